The molecular weight excluding hydrogens is 264 g/mol. The highest BCUT2D eigenvalue weighted by atomic mass is 16.2. The smallest absolute Gasteiger partial charge is 0.317 e. The van der Waals surface area contributed by atoms with Gasteiger partial charge in [0, 0.05) is 17.7 Å². The van der Waals surface area contributed by atoms with Crippen LogP contribution in [0.2, 0.25) is 0 Å². The van der Waals surface area contributed by atoms with Crippen molar-refractivity contribution in [3.8, 4) is 0 Å². The molecule has 0 unspecified atom stereocenters. The molecule has 0 aromatic rings. The van der Waals surface area contributed by atoms with Crippen LogP contribution in [0.15, 0.2) is 12.2 Å². The van der Waals surface area contributed by atoms with Gasteiger partial charge in [0.15, 0.2) is 0 Å². The van der Waals surface area contributed by atoms with Gasteiger partial charge < -0.3 is 4.90 Å². The van der Waals surface area contributed by atoms with Crippen LogP contribution in [0.5, 0.6) is 0 Å². The van der Waals surface area contributed by atoms with Crippen LogP contribution in [0.1, 0.15) is 64.2 Å². The average Bonchev–Trinajstić information content (AvgIpc) is 2.53. The van der Waals surface area contributed by atoms with Crippen molar-refractivity contribution in [3.05, 3.63) is 12.2 Å². The first-order valence-electron chi connectivity index (χ1n) is 8.50. The predicted octanol–water partition coefficient (Wildman–Crippen LogP) is 3.47. The lowest BCUT2D eigenvalue weighted by Gasteiger charge is -2.44. The maximum absolute atomic E-state index is 12.9. The monoisotopic (exact) mass is 290 g/mol. The minimum absolute atomic E-state index is 0.0498. The molecule has 1 aliphatic heterocycles. The highest BCUT2D eigenvalue weighted by Crippen LogP contribution is 2.31. The third-order valence-corrected chi connectivity index (χ3v) is 5.29. The Bertz CT molecular complexity index is 434. The molecule has 116 valence electrons. The summed E-state index contributed by atoms with van der Waals surface area (Å²) in [6.07, 6.45) is 11.2. The number of carbonyl (C=O) groups excluding carboxylic acids is 2. The van der Waals surface area contributed by atoms with Crippen molar-refractivity contribution in [2.24, 2.45) is 0 Å². The zero-order valence-electron chi connectivity index (χ0n) is 12.9. The first-order chi connectivity index (χ1) is 10.2. The third-order valence-electron chi connectivity index (χ3n) is 5.29. The van der Waals surface area contributed by atoms with Gasteiger partial charge in [-0.25, -0.2) is 4.79 Å². The minimum atomic E-state index is -0.126. The lowest BCUT2D eigenvalue weighted by Crippen LogP contribution is -2.60. The van der Waals surface area contributed by atoms with Crippen molar-refractivity contribution in [2.75, 3.05) is 6.54 Å². The second-order valence-electron chi connectivity index (χ2n) is 6.77. The van der Waals surface area contributed by atoms with Gasteiger partial charge in [-0.15, -0.1) is 0 Å². The molecule has 0 aromatic heterocycles. The number of urea groups is 1. The summed E-state index contributed by atoms with van der Waals surface area (Å²) in [4.78, 5) is 28.8. The fourth-order valence-electron chi connectivity index (χ4n) is 4.08. The van der Waals surface area contributed by atoms with Crippen LogP contribution in [-0.2, 0) is 4.79 Å². The number of nitrogens with zero attached hydrogens (tertiary/aromatic N) is 2. The van der Waals surface area contributed by atoms with Gasteiger partial charge in [-0.05, 0) is 25.7 Å². The molecule has 0 atom stereocenters. The van der Waals surface area contributed by atoms with E-state index in [-0.39, 0.29) is 18.0 Å². The number of hydrogen-bond acceptors (Lipinski definition) is 2. The second-order valence-corrected chi connectivity index (χ2v) is 6.77. The van der Waals surface area contributed by atoms with Gasteiger partial charge in [-0.3, -0.25) is 9.69 Å². The first kappa shape index (κ1) is 14.6. The summed E-state index contributed by atoms with van der Waals surface area (Å²) in [7, 11) is 0. The Hall–Kier alpha value is -1.32. The van der Waals surface area contributed by atoms with Crippen LogP contribution in [0, 0.1) is 0 Å². The van der Waals surface area contributed by atoms with E-state index in [1.165, 1.54) is 25.7 Å². The normalized spacial score (nSPS) is 26.6. The number of amides is 3. The molecule has 1 saturated heterocycles. The Morgan fingerprint density at radius 2 is 1.33 bits per heavy atom. The first-order valence-corrected chi connectivity index (χ1v) is 8.50. The van der Waals surface area contributed by atoms with E-state index in [0.29, 0.717) is 18.2 Å². The molecule has 0 bridgehead atoms. The van der Waals surface area contributed by atoms with E-state index in [4.69, 9.17) is 0 Å². The van der Waals surface area contributed by atoms with E-state index in [1.807, 2.05) is 4.90 Å². The standard InChI is InChI=1S/C17H26N2O2/c1-13-12-18(14-8-4-2-5-9-14)17(21)19(16(13)20)15-10-6-3-7-11-15/h14-15H,1-12H2. The van der Waals surface area contributed by atoms with Gasteiger partial charge in [0.25, 0.3) is 5.91 Å². The molecule has 21 heavy (non-hydrogen) atoms. The van der Waals surface area contributed by atoms with Gasteiger partial charge in [0.2, 0.25) is 0 Å². The topological polar surface area (TPSA) is 40.6 Å². The zero-order chi connectivity index (χ0) is 14.8. The van der Waals surface area contributed by atoms with Crippen LogP contribution in [0.25, 0.3) is 0 Å². The summed E-state index contributed by atoms with van der Waals surface area (Å²) < 4.78 is 0. The van der Waals surface area contributed by atoms with Crippen LogP contribution >= 0.6 is 0 Å². The third kappa shape index (κ3) is 2.85. The number of carbonyl (C=O) groups is 2. The molecule has 3 aliphatic rings. The number of imide groups is 1. The van der Waals surface area contributed by atoms with E-state index in [0.717, 1.165) is 38.5 Å². The van der Waals surface area contributed by atoms with Crippen LogP contribution in [0.4, 0.5) is 4.79 Å². The molecule has 3 rings (SSSR count). The van der Waals surface area contributed by atoms with Crippen molar-refractivity contribution in [2.45, 2.75) is 76.3 Å². The molecular formula is C17H26N2O2. The Morgan fingerprint density at radius 1 is 0.810 bits per heavy atom. The Kier molecular flexibility index (Phi) is 4.32. The van der Waals surface area contributed by atoms with Crippen LogP contribution in [0.3, 0.4) is 0 Å². The summed E-state index contributed by atoms with van der Waals surface area (Å²) in [5, 5.41) is 0. The number of rotatable bonds is 2. The molecule has 3 fully saturated rings. The van der Waals surface area contributed by atoms with Crippen molar-refractivity contribution >= 4 is 11.9 Å². The molecule has 0 radical (unpaired) electrons. The Morgan fingerprint density at radius 3 is 1.90 bits per heavy atom. The molecule has 4 heteroatoms. The van der Waals surface area contributed by atoms with Crippen molar-refractivity contribution < 1.29 is 9.59 Å². The van der Waals surface area contributed by atoms with Crippen molar-refractivity contribution in [1.82, 2.24) is 9.80 Å². The number of hydrogen-bond donors (Lipinski definition) is 0. The molecule has 4 nitrogen and oxygen atoms in total. The van der Waals surface area contributed by atoms with Gasteiger partial charge in [-0.1, -0.05) is 45.1 Å². The molecule has 0 N–H and O–H groups in total. The highest BCUT2D eigenvalue weighted by molar-refractivity contribution is 6.06. The quantitative estimate of drug-likeness (QED) is 0.731. The van der Waals surface area contributed by atoms with E-state index >= 15 is 0 Å². The largest absolute Gasteiger partial charge is 0.327 e. The van der Waals surface area contributed by atoms with Gasteiger partial charge in [0.1, 0.15) is 0 Å². The van der Waals surface area contributed by atoms with Gasteiger partial charge >= 0.3 is 6.03 Å². The molecule has 2 aliphatic carbocycles. The van der Waals surface area contributed by atoms with Crippen LogP contribution < -0.4 is 0 Å². The lowest BCUT2D eigenvalue weighted by atomic mass is 9.91. The van der Waals surface area contributed by atoms with Gasteiger partial charge in [-0.2, -0.15) is 0 Å². The maximum Gasteiger partial charge on any atom is 0.327 e. The van der Waals surface area contributed by atoms with E-state index in [9.17, 15) is 9.59 Å². The highest BCUT2D eigenvalue weighted by Gasteiger charge is 2.41. The average molecular weight is 290 g/mol. The second kappa shape index (κ2) is 6.20. The summed E-state index contributed by atoms with van der Waals surface area (Å²) >= 11 is 0. The summed E-state index contributed by atoms with van der Waals surface area (Å²) in [5.74, 6) is -0.126. The van der Waals surface area contributed by atoms with Crippen molar-refractivity contribution in [1.29, 1.82) is 0 Å². The SMILES string of the molecule is C=C1CN(C2CCCCC2)C(=O)N(C2CCCCC2)C1=O. The van der Waals surface area contributed by atoms with E-state index in [1.54, 1.807) is 4.90 Å². The van der Waals surface area contributed by atoms with Gasteiger partial charge in [0.05, 0.1) is 6.54 Å². The molecule has 1 heterocycles. The van der Waals surface area contributed by atoms with E-state index < -0.39 is 0 Å². The minimum Gasteiger partial charge on any atom is -0.317 e. The molecule has 2 saturated carbocycles. The van der Waals surface area contributed by atoms with Crippen LogP contribution in [-0.4, -0.2) is 40.4 Å². The summed E-state index contributed by atoms with van der Waals surface area (Å²) in [6, 6.07) is 0.357. The maximum atomic E-state index is 12.9. The predicted molar refractivity (Wildman–Crippen MR) is 81.8 cm³/mol. The van der Waals surface area contributed by atoms with E-state index in [2.05, 4.69) is 6.58 Å². The lowest BCUT2D eigenvalue weighted by molar-refractivity contribution is -0.129. The van der Waals surface area contributed by atoms with Crippen molar-refractivity contribution in [3.63, 3.8) is 0 Å². The fraction of sp³-hybridized carbons (Fsp3) is 0.765. The Balaban J connectivity index is 1.78. The molecule has 0 aromatic carbocycles. The fourth-order valence-corrected chi connectivity index (χ4v) is 4.08. The Labute approximate surface area is 127 Å². The molecule has 0 spiro atoms. The summed E-state index contributed by atoms with van der Waals surface area (Å²) in [5.41, 5.74) is 0.589. The zero-order valence-corrected chi connectivity index (χ0v) is 12.9. The summed E-state index contributed by atoms with van der Waals surface area (Å²) in [6.45, 7) is 4.37. The molecule has 3 amide bonds.